The van der Waals surface area contributed by atoms with Gasteiger partial charge in [0.05, 0.1) is 82.7 Å². The molecule has 0 aliphatic carbocycles. The molecule has 628 valence electrons. The van der Waals surface area contributed by atoms with E-state index in [9.17, 15) is 166 Å². The van der Waals surface area contributed by atoms with Gasteiger partial charge in [-0.15, -0.1) is 0 Å². The van der Waals surface area contributed by atoms with Gasteiger partial charge in [-0.05, 0) is 0 Å². The fourth-order valence-corrected chi connectivity index (χ4v) is 13.7. The molecule has 4 amide bonds. The van der Waals surface area contributed by atoms with Gasteiger partial charge in [0, 0.05) is 40.0 Å². The maximum absolute atomic E-state index is 13.8. The van der Waals surface area contributed by atoms with Crippen LogP contribution in [0.2, 0.25) is 0 Å². The second kappa shape index (κ2) is 38.3. The van der Waals surface area contributed by atoms with Crippen molar-refractivity contribution in [1.82, 2.24) is 21.3 Å². The SMILES string of the molecule is CC(=O)N[C@H]1[C@H](O[C@@H]2[C@H](O[C@]3(C(=O)O)C[C@H](O)[C@@H](NC(C)=O)[C@H]([C@H](O)[C@H](O)CO)O3)[C@@H](O)[C@H](O[C@H]3[C@H](O)[C@@H](O)[C@H](O)O[C@@H]3CO)O[C@@H]2CO)O[C@H](CO)[C@H](O)[C@@H]1O[C@@H]1O[C@H](CO)[C@H](O)[C@H](O[C@]2(C(=O)O)C[C@H](O)[C@@H](NC(C)=O)[C@H]([C@H](O)[C@@H](CO)O[C@]3(C(=O)O)C[C@H](O)[C@@H](NC(=O)CO)[C@H]([C@H](O)[C@H](O)CO)O3)O2)[C@H]1O. The van der Waals surface area contributed by atoms with Gasteiger partial charge in [0.25, 0.3) is 17.4 Å². The lowest BCUT2D eigenvalue weighted by Gasteiger charge is -2.53. The average Bonchev–Trinajstić information content (AvgIpc) is 0.753. The van der Waals surface area contributed by atoms with Crippen molar-refractivity contribution in [2.45, 2.75) is 272 Å². The van der Waals surface area contributed by atoms with Gasteiger partial charge in [-0.1, -0.05) is 0 Å². The van der Waals surface area contributed by atoms with E-state index in [1.54, 1.807) is 0 Å². The molecule has 0 aromatic heterocycles. The number of aliphatic hydroxyl groups excluding tert-OH is 23. The number of carboxylic acid groups (broad SMARTS) is 3. The summed E-state index contributed by atoms with van der Waals surface area (Å²) in [6.45, 7) is -8.13. The molecule has 30 N–H and O–H groups in total. The summed E-state index contributed by atoms with van der Waals surface area (Å²) in [5.41, 5.74) is 0. The first kappa shape index (κ1) is 91.0. The molecule has 50 heteroatoms. The first-order chi connectivity index (χ1) is 51.1. The Morgan fingerprint density at radius 3 is 1.19 bits per heavy atom. The monoisotopic (exact) mass is 1600 g/mol. The number of carbonyl (C=O) groups is 7. The summed E-state index contributed by atoms with van der Waals surface area (Å²) in [5, 5.41) is 294. The molecule has 0 bridgehead atoms. The van der Waals surface area contributed by atoms with Gasteiger partial charge in [-0.3, -0.25) is 19.2 Å². The fourth-order valence-electron chi connectivity index (χ4n) is 13.7. The maximum atomic E-state index is 13.8. The van der Waals surface area contributed by atoms with E-state index >= 15 is 0 Å². The third kappa shape index (κ3) is 19.8. The van der Waals surface area contributed by atoms with Crippen molar-refractivity contribution in [1.29, 1.82) is 0 Å². The fraction of sp³-hybridized carbons (Fsp3) is 0.881. The van der Waals surface area contributed by atoms with Gasteiger partial charge >= 0.3 is 17.9 Å². The number of nitrogens with one attached hydrogen (secondary N) is 4. The van der Waals surface area contributed by atoms with Crippen LogP contribution >= 0.6 is 0 Å². The number of carboxylic acids is 3. The van der Waals surface area contributed by atoms with Gasteiger partial charge < -0.3 is 216 Å². The number of rotatable bonds is 33. The Morgan fingerprint density at radius 1 is 0.394 bits per heavy atom. The van der Waals surface area contributed by atoms with Crippen LogP contribution in [-0.4, -0.2) is 459 Å². The first-order valence-electron chi connectivity index (χ1n) is 33.7. The molecule has 0 unspecified atom stereocenters. The third-order valence-electron chi connectivity index (χ3n) is 19.2. The average molecular weight is 1600 g/mol. The van der Waals surface area contributed by atoms with Crippen LogP contribution in [0.5, 0.6) is 0 Å². The Hall–Kier alpha value is -5.15. The second-order valence-electron chi connectivity index (χ2n) is 26.8. The van der Waals surface area contributed by atoms with Crippen LogP contribution in [0, 0.1) is 0 Å². The van der Waals surface area contributed by atoms with Crippen molar-refractivity contribution in [3.8, 4) is 0 Å². The molecule has 0 aromatic rings. The largest absolute Gasteiger partial charge is 0.477 e. The molecule has 7 aliphatic heterocycles. The summed E-state index contributed by atoms with van der Waals surface area (Å²) in [5.74, 6) is -21.9. The Morgan fingerprint density at radius 2 is 0.761 bits per heavy atom. The maximum Gasteiger partial charge on any atom is 0.364 e. The molecule has 7 heterocycles. The molecular weight excluding hydrogens is 1500 g/mol. The standard InChI is InChI=1S/C59H96N4O46/c1-15(72)60-29-18(75)6-59(56(95)96,106-45(29)33(81)21(78)7-64)109-49-41(89)53(101-42-26(12-69)97-50(90)39(87)38(42)86)100-27(13-70)43(49)102-51-32(62-17(3)74)44(35(83)23(9-66)98-51)103-52-40(88)48(36(84)24(10-67)99-52)108-58(55(93)94)5-19(76)30(61-16(2)73)47(107-58)37(85)25(11-68)104-57(54(91)92)4-20(77)31(63-28(80)14-71)46(105-57)34(82)22(79)8-65/h18-27,29-53,64-71,75-79,81-90H,4-14H2,1-3H3,(H,60,72)(H,61,73)(H,62,74)(H,63,80)(H,91,92)(H,93,94)(H,95,96)/t18-,19-,20-,21+,22+,23+,24+,25+,26+,27+,29+,30+,31+,32+,33+,34+,35-,36-,37+,38+,39+,40+,41+,42+,43-,44+,45+,46+,47+,48-,49+,50+,51-,52-,53-,57+,58-,59-/m0/s1. The quantitative estimate of drug-likeness (QED) is 0.0290. The van der Waals surface area contributed by atoms with E-state index in [-0.39, 0.29) is 0 Å². The predicted octanol–water partition coefficient (Wildman–Crippen LogP) is -19.1. The van der Waals surface area contributed by atoms with Gasteiger partial charge in [0.15, 0.2) is 25.2 Å². The zero-order valence-corrected chi connectivity index (χ0v) is 57.8. The van der Waals surface area contributed by atoms with E-state index in [4.69, 9.17) is 61.6 Å². The van der Waals surface area contributed by atoms with Gasteiger partial charge in [-0.2, -0.15) is 0 Å². The molecule has 0 saturated carbocycles. The molecule has 38 atom stereocenters. The van der Waals surface area contributed by atoms with E-state index < -0.39 is 345 Å². The van der Waals surface area contributed by atoms with Crippen LogP contribution in [0.15, 0.2) is 0 Å². The smallest absolute Gasteiger partial charge is 0.364 e. The Bertz CT molecular complexity index is 3030. The minimum Gasteiger partial charge on any atom is -0.477 e. The van der Waals surface area contributed by atoms with Gasteiger partial charge in [-0.25, -0.2) is 14.4 Å². The zero-order valence-electron chi connectivity index (χ0n) is 57.8. The highest BCUT2D eigenvalue weighted by atomic mass is 16.8. The van der Waals surface area contributed by atoms with Crippen molar-refractivity contribution in [3.05, 3.63) is 0 Å². The highest BCUT2D eigenvalue weighted by molar-refractivity contribution is 5.79. The van der Waals surface area contributed by atoms with Crippen LogP contribution in [-0.2, 0) is 95.1 Å². The molecule has 0 aromatic carbocycles. The summed E-state index contributed by atoms with van der Waals surface area (Å²) < 4.78 is 75.4. The molecular formula is C59H96N4O46. The molecule has 0 spiro atoms. The topological polar surface area (TPSA) is 814 Å². The predicted molar refractivity (Wildman–Crippen MR) is 331 cm³/mol. The highest BCUT2D eigenvalue weighted by Crippen LogP contribution is 2.44. The minimum absolute atomic E-state index is 0.808. The number of carbonyl (C=O) groups excluding carboxylic acids is 4. The summed E-state index contributed by atoms with van der Waals surface area (Å²) >= 11 is 0. The molecule has 7 fully saturated rings. The Labute approximate surface area is 613 Å². The van der Waals surface area contributed by atoms with Crippen molar-refractivity contribution in [2.75, 3.05) is 52.9 Å². The lowest BCUT2D eigenvalue weighted by Crippen LogP contribution is -2.73. The molecule has 0 radical (unpaired) electrons. The van der Waals surface area contributed by atoms with Crippen molar-refractivity contribution < 1.29 is 228 Å². The summed E-state index contributed by atoms with van der Waals surface area (Å²) in [7, 11) is 0. The lowest BCUT2D eigenvalue weighted by molar-refractivity contribution is -0.404. The number of ether oxygens (including phenoxy) is 13. The van der Waals surface area contributed by atoms with Crippen LogP contribution in [0.1, 0.15) is 40.0 Å². The highest BCUT2D eigenvalue weighted by Gasteiger charge is 2.66. The Balaban J connectivity index is 1.26. The van der Waals surface area contributed by atoms with E-state index in [1.807, 2.05) is 5.32 Å². The van der Waals surface area contributed by atoms with Gasteiger partial charge in [0.2, 0.25) is 23.6 Å². The third-order valence-corrected chi connectivity index (χ3v) is 19.2. The minimum atomic E-state index is -3.64. The lowest BCUT2D eigenvalue weighted by atomic mass is 9.87. The summed E-state index contributed by atoms with van der Waals surface area (Å²) in [4.78, 5) is 91.6. The van der Waals surface area contributed by atoms with Crippen molar-refractivity contribution in [3.63, 3.8) is 0 Å². The van der Waals surface area contributed by atoms with E-state index in [1.165, 1.54) is 0 Å². The number of hydrogen-bond acceptors (Lipinski definition) is 43. The zero-order chi connectivity index (χ0) is 81.5. The Kier molecular flexibility index (Phi) is 32.0. The number of amides is 4. The molecule has 7 rings (SSSR count). The van der Waals surface area contributed by atoms with E-state index in [0.29, 0.717) is 0 Å². The van der Waals surface area contributed by atoms with Crippen molar-refractivity contribution >= 4 is 41.5 Å². The van der Waals surface area contributed by atoms with E-state index in [2.05, 4.69) is 16.0 Å². The molecule has 109 heavy (non-hydrogen) atoms. The summed E-state index contributed by atoms with van der Waals surface area (Å²) in [6.07, 6.45) is -78.0. The normalized spacial score (nSPS) is 43.1. The van der Waals surface area contributed by atoms with Crippen LogP contribution < -0.4 is 21.3 Å². The molecule has 7 aliphatic rings. The molecule has 50 nitrogen and oxygen atoms in total. The van der Waals surface area contributed by atoms with Gasteiger partial charge in [0.1, 0.15) is 159 Å². The van der Waals surface area contributed by atoms with Crippen LogP contribution in [0.25, 0.3) is 0 Å². The first-order valence-corrected chi connectivity index (χ1v) is 33.7. The molecule has 7 saturated heterocycles. The van der Waals surface area contributed by atoms with Crippen molar-refractivity contribution in [2.24, 2.45) is 0 Å². The van der Waals surface area contributed by atoms with Crippen LogP contribution in [0.4, 0.5) is 0 Å². The second-order valence-corrected chi connectivity index (χ2v) is 26.8. The summed E-state index contributed by atoms with van der Waals surface area (Å²) in [6, 6.07) is -8.15. The number of aliphatic hydroxyl groups is 23. The number of hydrogen-bond donors (Lipinski definition) is 30. The van der Waals surface area contributed by atoms with Crippen LogP contribution in [0.3, 0.4) is 0 Å². The number of aliphatic carboxylic acids is 3. The van der Waals surface area contributed by atoms with E-state index in [0.717, 1.165) is 20.8 Å².